The maximum atomic E-state index is 10.9. The first-order valence-electron chi connectivity index (χ1n) is 5.64. The van der Waals surface area contributed by atoms with Crippen molar-refractivity contribution in [3.63, 3.8) is 0 Å². The molecule has 0 amide bonds. The summed E-state index contributed by atoms with van der Waals surface area (Å²) in [5, 5.41) is 13.7. The number of hydrogen-bond acceptors (Lipinski definition) is 5. The summed E-state index contributed by atoms with van der Waals surface area (Å²) in [6.45, 7) is 8.93. The number of nitro groups is 1. The Morgan fingerprint density at radius 1 is 1.50 bits per heavy atom. The van der Waals surface area contributed by atoms with E-state index in [2.05, 4.69) is 43.0 Å². The van der Waals surface area contributed by atoms with E-state index in [1.807, 2.05) is 0 Å². The van der Waals surface area contributed by atoms with Gasteiger partial charge in [0.1, 0.15) is 6.33 Å². The number of nitrogens with one attached hydrogen (secondary N) is 1. The van der Waals surface area contributed by atoms with Crippen molar-refractivity contribution in [2.24, 2.45) is 11.3 Å². The van der Waals surface area contributed by atoms with E-state index in [0.717, 1.165) is 0 Å². The molecule has 0 aliphatic rings. The van der Waals surface area contributed by atoms with Gasteiger partial charge in [0.15, 0.2) is 0 Å². The van der Waals surface area contributed by atoms with E-state index in [1.165, 1.54) is 6.33 Å². The van der Waals surface area contributed by atoms with Crippen molar-refractivity contribution in [2.75, 3.05) is 11.9 Å². The van der Waals surface area contributed by atoms with Gasteiger partial charge in [0, 0.05) is 6.54 Å². The summed E-state index contributed by atoms with van der Waals surface area (Å²) in [7, 11) is 0. The minimum Gasteiger partial charge on any atom is -0.364 e. The monoisotopic (exact) mass is 272 g/mol. The van der Waals surface area contributed by atoms with Crippen LogP contribution in [0.4, 0.5) is 11.5 Å². The smallest absolute Gasteiger partial charge is 0.348 e. The Bertz CT molecular complexity index is 449. The lowest BCUT2D eigenvalue weighted by Gasteiger charge is -2.29. The molecule has 1 aromatic rings. The van der Waals surface area contributed by atoms with Crippen LogP contribution in [0.5, 0.6) is 0 Å². The second kappa shape index (κ2) is 5.48. The van der Waals surface area contributed by atoms with Gasteiger partial charge < -0.3 is 5.32 Å². The van der Waals surface area contributed by atoms with Gasteiger partial charge in [0.05, 0.1) is 4.92 Å². The van der Waals surface area contributed by atoms with Gasteiger partial charge in [0.25, 0.3) is 0 Å². The molecule has 1 aromatic heterocycles. The van der Waals surface area contributed by atoms with Gasteiger partial charge in [-0.2, -0.15) is 0 Å². The predicted molar refractivity (Wildman–Crippen MR) is 70.8 cm³/mol. The van der Waals surface area contributed by atoms with Gasteiger partial charge in [-0.3, -0.25) is 10.1 Å². The first-order valence-corrected chi connectivity index (χ1v) is 6.02. The molecule has 0 spiro atoms. The summed E-state index contributed by atoms with van der Waals surface area (Å²) >= 11 is 5.70. The second-order valence-corrected chi connectivity index (χ2v) is 5.47. The molecule has 0 aliphatic carbocycles. The highest BCUT2D eigenvalue weighted by atomic mass is 35.5. The highest BCUT2D eigenvalue weighted by Gasteiger charge is 2.26. The zero-order chi connectivity index (χ0) is 13.9. The molecule has 0 radical (unpaired) electrons. The molecule has 100 valence electrons. The number of aromatic nitrogens is 2. The van der Waals surface area contributed by atoms with Crippen LogP contribution in [0.1, 0.15) is 27.7 Å². The third-order valence-corrected chi connectivity index (χ3v) is 3.51. The van der Waals surface area contributed by atoms with Gasteiger partial charge in [-0.05, 0) is 11.3 Å². The Morgan fingerprint density at radius 2 is 2.11 bits per heavy atom. The van der Waals surface area contributed by atoms with E-state index in [0.29, 0.717) is 12.5 Å². The topological polar surface area (TPSA) is 81.0 Å². The Morgan fingerprint density at radius 3 is 2.61 bits per heavy atom. The lowest BCUT2D eigenvalue weighted by atomic mass is 9.81. The molecule has 18 heavy (non-hydrogen) atoms. The standard InChI is InChI=1S/C11H17ClN4O2/c1-7(2)11(3,4)5-13-10-8(16(17)18)9(12)14-6-15-10/h6-7H,5H2,1-4H3,(H,13,14,15). The Kier molecular flexibility index (Phi) is 4.45. The van der Waals surface area contributed by atoms with Crippen molar-refractivity contribution >= 4 is 23.1 Å². The molecular weight excluding hydrogens is 256 g/mol. The molecule has 0 saturated heterocycles. The van der Waals surface area contributed by atoms with E-state index in [1.54, 1.807) is 0 Å². The lowest BCUT2D eigenvalue weighted by molar-refractivity contribution is -0.384. The molecule has 0 aromatic carbocycles. The molecule has 1 N–H and O–H groups in total. The highest BCUT2D eigenvalue weighted by Crippen LogP contribution is 2.31. The maximum Gasteiger partial charge on any atom is 0.348 e. The third-order valence-electron chi connectivity index (χ3n) is 3.23. The fraction of sp³-hybridized carbons (Fsp3) is 0.636. The average molecular weight is 273 g/mol. The van der Waals surface area contributed by atoms with Crippen molar-refractivity contribution in [1.29, 1.82) is 0 Å². The van der Waals surface area contributed by atoms with E-state index < -0.39 is 4.92 Å². The summed E-state index contributed by atoms with van der Waals surface area (Å²) in [5.41, 5.74) is -0.288. The van der Waals surface area contributed by atoms with E-state index in [9.17, 15) is 10.1 Å². The number of hydrogen-bond donors (Lipinski definition) is 1. The van der Waals surface area contributed by atoms with Gasteiger partial charge in [-0.1, -0.05) is 39.3 Å². The summed E-state index contributed by atoms with van der Waals surface area (Å²) in [4.78, 5) is 17.8. The molecule has 7 heteroatoms. The minimum absolute atomic E-state index is 0.00864. The Balaban J connectivity index is 2.92. The summed E-state index contributed by atoms with van der Waals surface area (Å²) < 4.78 is 0. The van der Waals surface area contributed by atoms with E-state index >= 15 is 0 Å². The van der Waals surface area contributed by atoms with Crippen molar-refractivity contribution in [3.05, 3.63) is 21.6 Å². The molecule has 0 fully saturated rings. The summed E-state index contributed by atoms with van der Waals surface area (Å²) in [6, 6.07) is 0. The van der Waals surface area contributed by atoms with Gasteiger partial charge in [-0.15, -0.1) is 0 Å². The van der Waals surface area contributed by atoms with E-state index in [4.69, 9.17) is 11.6 Å². The molecule has 0 unspecified atom stereocenters. The van der Waals surface area contributed by atoms with Crippen LogP contribution in [0.15, 0.2) is 6.33 Å². The fourth-order valence-corrected chi connectivity index (χ4v) is 1.37. The molecule has 0 aliphatic heterocycles. The fourth-order valence-electron chi connectivity index (χ4n) is 1.16. The van der Waals surface area contributed by atoms with Crippen molar-refractivity contribution < 1.29 is 4.92 Å². The molecule has 0 saturated carbocycles. The van der Waals surface area contributed by atoms with Crippen LogP contribution >= 0.6 is 11.6 Å². The van der Waals surface area contributed by atoms with Crippen LogP contribution in [0.3, 0.4) is 0 Å². The van der Waals surface area contributed by atoms with Crippen molar-refractivity contribution in [3.8, 4) is 0 Å². The van der Waals surface area contributed by atoms with Gasteiger partial charge >= 0.3 is 5.69 Å². The van der Waals surface area contributed by atoms with Crippen LogP contribution < -0.4 is 5.32 Å². The zero-order valence-electron chi connectivity index (χ0n) is 10.9. The summed E-state index contributed by atoms with van der Waals surface area (Å²) in [6.07, 6.45) is 1.21. The highest BCUT2D eigenvalue weighted by molar-refractivity contribution is 6.31. The van der Waals surface area contributed by atoms with Crippen molar-refractivity contribution in [2.45, 2.75) is 27.7 Å². The SMILES string of the molecule is CC(C)C(C)(C)CNc1ncnc(Cl)c1[N+](=O)[O-]. The summed E-state index contributed by atoms with van der Waals surface area (Å²) in [5.74, 6) is 0.593. The molecule has 0 bridgehead atoms. The van der Waals surface area contributed by atoms with Gasteiger partial charge in [0.2, 0.25) is 11.0 Å². The first kappa shape index (κ1) is 14.6. The normalized spacial score (nSPS) is 11.7. The second-order valence-electron chi connectivity index (χ2n) is 5.12. The number of halogens is 1. The minimum atomic E-state index is -0.576. The quantitative estimate of drug-likeness (QED) is 0.506. The van der Waals surface area contributed by atoms with Crippen LogP contribution in [0.25, 0.3) is 0 Å². The maximum absolute atomic E-state index is 10.9. The third kappa shape index (κ3) is 3.29. The van der Waals surface area contributed by atoms with Crippen molar-refractivity contribution in [1.82, 2.24) is 9.97 Å². The molecule has 1 heterocycles. The Hall–Kier alpha value is -1.43. The number of anilines is 1. The molecule has 1 rings (SSSR count). The molecular formula is C11H17ClN4O2. The molecule has 0 atom stereocenters. The predicted octanol–water partition coefficient (Wildman–Crippen LogP) is 3.13. The van der Waals surface area contributed by atoms with E-state index in [-0.39, 0.29) is 22.1 Å². The number of rotatable bonds is 5. The average Bonchev–Trinajstić information content (AvgIpc) is 2.25. The molecule has 6 nitrogen and oxygen atoms in total. The zero-order valence-corrected chi connectivity index (χ0v) is 11.7. The van der Waals surface area contributed by atoms with Gasteiger partial charge in [-0.25, -0.2) is 9.97 Å². The largest absolute Gasteiger partial charge is 0.364 e. The Labute approximate surface area is 111 Å². The lowest BCUT2D eigenvalue weighted by Crippen LogP contribution is -2.29. The van der Waals surface area contributed by atoms with Crippen LogP contribution in [0, 0.1) is 21.4 Å². The van der Waals surface area contributed by atoms with Crippen LogP contribution in [-0.2, 0) is 0 Å². The van der Waals surface area contributed by atoms with Crippen LogP contribution in [-0.4, -0.2) is 21.4 Å². The number of nitrogens with zero attached hydrogens (tertiary/aromatic N) is 3. The first-order chi connectivity index (χ1) is 8.25. The van der Waals surface area contributed by atoms with Crippen LogP contribution in [0.2, 0.25) is 5.15 Å².